The molecule has 0 radical (unpaired) electrons. The maximum atomic E-state index is 12.0. The Morgan fingerprint density at radius 1 is 1.11 bits per heavy atom. The summed E-state index contributed by atoms with van der Waals surface area (Å²) in [6, 6.07) is 13.5. The molecule has 1 aliphatic heterocycles. The number of hydrogen-bond donors (Lipinski definition) is 0. The Bertz CT molecular complexity index is 668. The van der Waals surface area contributed by atoms with Gasteiger partial charge in [0.25, 0.3) is 0 Å². The van der Waals surface area contributed by atoms with Gasteiger partial charge in [-0.3, -0.25) is 0 Å². The molecule has 1 atom stereocenters. The largest absolute Gasteiger partial charge is 0.244 e. The van der Waals surface area contributed by atoms with Crippen molar-refractivity contribution in [2.45, 2.75) is 15.2 Å². The van der Waals surface area contributed by atoms with Crippen molar-refractivity contribution in [3.8, 4) is 0 Å². The third-order valence-corrected chi connectivity index (χ3v) is 6.00. The van der Waals surface area contributed by atoms with Crippen molar-refractivity contribution in [1.29, 1.82) is 0 Å². The van der Waals surface area contributed by atoms with E-state index in [1.54, 1.807) is 17.8 Å². The first-order valence-corrected chi connectivity index (χ1v) is 8.09. The predicted molar refractivity (Wildman–Crippen MR) is 71.3 cm³/mol. The van der Waals surface area contributed by atoms with Crippen LogP contribution in [0.25, 0.3) is 0 Å². The summed E-state index contributed by atoms with van der Waals surface area (Å²) < 4.78 is 24.0. The fourth-order valence-corrected chi connectivity index (χ4v) is 5.41. The minimum atomic E-state index is -3.21. The standard InChI is InChI=1S/C13H11NO2S2/c15-18(16)9-12(11-7-4-8-14-13(11)18)17-10-5-2-1-3-6-10/h1-8,12H,9H2. The molecule has 0 N–H and O–H groups in total. The molecule has 3 rings (SSSR count). The van der Waals surface area contributed by atoms with E-state index in [-0.39, 0.29) is 16.0 Å². The van der Waals surface area contributed by atoms with Gasteiger partial charge in [0.15, 0.2) is 14.9 Å². The lowest BCUT2D eigenvalue weighted by Crippen LogP contribution is -2.02. The van der Waals surface area contributed by atoms with Gasteiger partial charge in [-0.25, -0.2) is 13.4 Å². The molecule has 0 amide bonds. The van der Waals surface area contributed by atoms with Crippen molar-refractivity contribution in [2.24, 2.45) is 0 Å². The van der Waals surface area contributed by atoms with E-state index in [4.69, 9.17) is 0 Å². The van der Waals surface area contributed by atoms with Crippen molar-refractivity contribution in [3.05, 3.63) is 54.2 Å². The van der Waals surface area contributed by atoms with Crippen LogP contribution in [-0.4, -0.2) is 19.2 Å². The lowest BCUT2D eigenvalue weighted by Gasteiger charge is -2.08. The molecule has 3 nitrogen and oxygen atoms in total. The Morgan fingerprint density at radius 3 is 2.67 bits per heavy atom. The normalized spacial score (nSPS) is 20.6. The monoisotopic (exact) mass is 277 g/mol. The van der Waals surface area contributed by atoms with Crippen LogP contribution in [0.3, 0.4) is 0 Å². The summed E-state index contributed by atoms with van der Waals surface area (Å²) >= 11 is 1.58. The molecular formula is C13H11NO2S2. The Morgan fingerprint density at radius 2 is 1.89 bits per heavy atom. The number of hydrogen-bond acceptors (Lipinski definition) is 4. The van der Waals surface area contributed by atoms with Gasteiger partial charge >= 0.3 is 0 Å². The van der Waals surface area contributed by atoms with Crippen molar-refractivity contribution < 1.29 is 8.42 Å². The van der Waals surface area contributed by atoms with Crippen LogP contribution in [0.15, 0.2) is 58.6 Å². The Labute approximate surface area is 110 Å². The van der Waals surface area contributed by atoms with Crippen molar-refractivity contribution in [1.82, 2.24) is 4.98 Å². The highest BCUT2D eigenvalue weighted by molar-refractivity contribution is 8.01. The number of rotatable bonds is 2. The number of nitrogens with zero attached hydrogens (tertiary/aromatic N) is 1. The molecule has 0 fully saturated rings. The third-order valence-electron chi connectivity index (χ3n) is 2.83. The first kappa shape index (κ1) is 11.7. The van der Waals surface area contributed by atoms with Crippen LogP contribution in [0.5, 0.6) is 0 Å². The molecular weight excluding hydrogens is 266 g/mol. The summed E-state index contributed by atoms with van der Waals surface area (Å²) in [5.41, 5.74) is 0.825. The molecule has 0 saturated carbocycles. The zero-order valence-electron chi connectivity index (χ0n) is 9.48. The molecule has 18 heavy (non-hydrogen) atoms. The van der Waals surface area contributed by atoms with Gasteiger partial charge in [0.2, 0.25) is 0 Å². The molecule has 2 heterocycles. The van der Waals surface area contributed by atoms with Gasteiger partial charge in [-0.1, -0.05) is 24.3 Å². The topological polar surface area (TPSA) is 47.0 Å². The fourth-order valence-electron chi connectivity index (χ4n) is 2.04. The summed E-state index contributed by atoms with van der Waals surface area (Å²) in [5.74, 6) is 0.138. The average Bonchev–Trinajstić information content (AvgIpc) is 2.63. The smallest absolute Gasteiger partial charge is 0.197 e. The maximum absolute atomic E-state index is 12.0. The Kier molecular flexibility index (Phi) is 2.87. The molecule has 1 aromatic carbocycles. The van der Waals surface area contributed by atoms with Gasteiger partial charge in [-0.15, -0.1) is 11.8 Å². The molecule has 0 spiro atoms. The highest BCUT2D eigenvalue weighted by Crippen LogP contribution is 2.43. The van der Waals surface area contributed by atoms with Crippen molar-refractivity contribution in [3.63, 3.8) is 0 Å². The summed E-state index contributed by atoms with van der Waals surface area (Å²) in [7, 11) is -3.21. The third kappa shape index (κ3) is 2.04. The summed E-state index contributed by atoms with van der Waals surface area (Å²) in [5, 5.41) is 0.194. The second-order valence-corrected chi connectivity index (χ2v) is 7.32. The van der Waals surface area contributed by atoms with Crippen LogP contribution in [0.4, 0.5) is 0 Å². The molecule has 0 bridgehead atoms. The highest BCUT2D eigenvalue weighted by Gasteiger charge is 2.36. The fraction of sp³-hybridized carbons (Fsp3) is 0.154. The first-order valence-electron chi connectivity index (χ1n) is 5.56. The number of sulfone groups is 1. The van der Waals surface area contributed by atoms with Gasteiger partial charge in [0.05, 0.1) is 11.0 Å². The van der Waals surface area contributed by atoms with Crippen LogP contribution >= 0.6 is 11.8 Å². The summed E-state index contributed by atoms with van der Waals surface area (Å²) in [4.78, 5) is 5.08. The number of benzene rings is 1. The van der Waals surface area contributed by atoms with Gasteiger partial charge in [0.1, 0.15) is 0 Å². The van der Waals surface area contributed by atoms with Gasteiger partial charge in [0, 0.05) is 16.7 Å². The average molecular weight is 277 g/mol. The maximum Gasteiger partial charge on any atom is 0.197 e. The van der Waals surface area contributed by atoms with Crippen molar-refractivity contribution in [2.75, 3.05) is 5.75 Å². The van der Waals surface area contributed by atoms with Crippen LogP contribution in [-0.2, 0) is 9.84 Å². The second-order valence-electron chi connectivity index (χ2n) is 4.10. The Balaban J connectivity index is 1.97. The van der Waals surface area contributed by atoms with Gasteiger partial charge in [-0.05, 0) is 18.2 Å². The SMILES string of the molecule is O=S1(=O)CC(Sc2ccccc2)c2cccnc21. The predicted octanol–water partition coefficient (Wildman–Crippen LogP) is 2.70. The number of pyridine rings is 1. The minimum Gasteiger partial charge on any atom is -0.244 e. The quantitative estimate of drug-likeness (QED) is 0.846. The molecule has 5 heteroatoms. The number of thioether (sulfide) groups is 1. The van der Waals surface area contributed by atoms with Crippen LogP contribution in [0, 0.1) is 0 Å². The van der Waals surface area contributed by atoms with Crippen LogP contribution < -0.4 is 0 Å². The zero-order valence-corrected chi connectivity index (χ0v) is 11.1. The van der Waals surface area contributed by atoms with E-state index in [9.17, 15) is 8.42 Å². The van der Waals surface area contributed by atoms with E-state index < -0.39 is 9.84 Å². The van der Waals surface area contributed by atoms with E-state index >= 15 is 0 Å². The van der Waals surface area contributed by atoms with E-state index in [1.165, 1.54) is 6.20 Å². The minimum absolute atomic E-state index is 0.0545. The number of aromatic nitrogens is 1. The highest BCUT2D eigenvalue weighted by atomic mass is 32.2. The molecule has 2 aromatic rings. The molecule has 0 aliphatic carbocycles. The summed E-state index contributed by atoms with van der Waals surface area (Å²) in [6.07, 6.45) is 1.53. The van der Waals surface area contributed by atoms with Gasteiger partial charge in [-0.2, -0.15) is 0 Å². The molecule has 92 valence electrons. The van der Waals surface area contributed by atoms with E-state index in [1.807, 2.05) is 36.4 Å². The van der Waals surface area contributed by atoms with E-state index in [2.05, 4.69) is 4.98 Å². The second kappa shape index (κ2) is 4.40. The number of fused-ring (bicyclic) bond motifs is 1. The lowest BCUT2D eigenvalue weighted by atomic mass is 10.2. The first-order chi connectivity index (χ1) is 8.67. The van der Waals surface area contributed by atoms with E-state index in [0.29, 0.717) is 0 Å². The molecule has 1 unspecified atom stereocenters. The zero-order chi connectivity index (χ0) is 12.6. The summed E-state index contributed by atoms with van der Waals surface area (Å²) in [6.45, 7) is 0. The van der Waals surface area contributed by atoms with Gasteiger partial charge < -0.3 is 0 Å². The molecule has 0 saturated heterocycles. The van der Waals surface area contributed by atoms with Crippen molar-refractivity contribution >= 4 is 21.6 Å². The van der Waals surface area contributed by atoms with Crippen LogP contribution in [0.2, 0.25) is 0 Å². The molecule has 1 aliphatic rings. The van der Waals surface area contributed by atoms with Crippen LogP contribution in [0.1, 0.15) is 10.8 Å². The molecule has 1 aromatic heterocycles. The lowest BCUT2D eigenvalue weighted by molar-refractivity contribution is 0.597. The van der Waals surface area contributed by atoms with E-state index in [0.717, 1.165) is 10.5 Å². The Hall–Kier alpha value is -1.33.